The van der Waals surface area contributed by atoms with Crippen LogP contribution in [0.15, 0.2) is 12.3 Å². The van der Waals surface area contributed by atoms with Gasteiger partial charge in [0, 0.05) is 29.2 Å². The van der Waals surface area contributed by atoms with Crippen molar-refractivity contribution in [3.8, 4) is 5.88 Å². The molecule has 0 amide bonds. The van der Waals surface area contributed by atoms with Crippen molar-refractivity contribution in [3.63, 3.8) is 0 Å². The number of halogens is 1. The van der Waals surface area contributed by atoms with E-state index in [1.165, 1.54) is 18.4 Å². The molecule has 0 saturated carbocycles. The molecular formula is C13H15ClN4O3S. The molecule has 0 aliphatic rings. The first kappa shape index (κ1) is 16.4. The van der Waals surface area contributed by atoms with Crippen molar-refractivity contribution in [2.75, 3.05) is 18.6 Å². The van der Waals surface area contributed by atoms with Crippen molar-refractivity contribution in [2.45, 2.75) is 20.4 Å². The first-order valence-electron chi connectivity index (χ1n) is 6.51. The van der Waals surface area contributed by atoms with Crippen molar-refractivity contribution in [2.24, 2.45) is 0 Å². The van der Waals surface area contributed by atoms with Crippen molar-refractivity contribution in [1.82, 2.24) is 9.97 Å². The Morgan fingerprint density at radius 1 is 1.55 bits per heavy atom. The van der Waals surface area contributed by atoms with Gasteiger partial charge in [-0.3, -0.25) is 10.1 Å². The summed E-state index contributed by atoms with van der Waals surface area (Å²) in [4.78, 5) is 21.9. The maximum absolute atomic E-state index is 11.4. The number of aryl methyl sites for hydroxylation is 1. The molecule has 22 heavy (non-hydrogen) atoms. The Balaban J connectivity index is 2.46. The molecule has 0 fully saturated rings. The number of methoxy groups -OCH3 is 1. The zero-order valence-corrected chi connectivity index (χ0v) is 13.9. The van der Waals surface area contributed by atoms with Crippen LogP contribution in [0.3, 0.4) is 0 Å². The van der Waals surface area contributed by atoms with Crippen LogP contribution in [0.2, 0.25) is 4.47 Å². The molecule has 0 saturated heterocycles. The highest BCUT2D eigenvalue weighted by atomic mass is 35.5. The minimum atomic E-state index is -0.417. The van der Waals surface area contributed by atoms with Crippen molar-refractivity contribution in [3.05, 3.63) is 37.3 Å². The Hall–Kier alpha value is -1.93. The van der Waals surface area contributed by atoms with Crippen LogP contribution in [-0.2, 0) is 6.54 Å². The molecule has 7 nitrogen and oxygen atoms in total. The molecule has 2 heterocycles. The van der Waals surface area contributed by atoms with Gasteiger partial charge in [0.25, 0.3) is 0 Å². The highest BCUT2D eigenvalue weighted by molar-refractivity contribution is 7.15. The van der Waals surface area contributed by atoms with Crippen LogP contribution in [-0.4, -0.2) is 28.5 Å². The molecule has 0 N–H and O–H groups in total. The van der Waals surface area contributed by atoms with Gasteiger partial charge in [-0.15, -0.1) is 11.3 Å². The second-order valence-corrected chi connectivity index (χ2v) is 6.20. The summed E-state index contributed by atoms with van der Waals surface area (Å²) < 4.78 is 5.57. The van der Waals surface area contributed by atoms with Gasteiger partial charge >= 0.3 is 5.69 Å². The third-order valence-corrected chi connectivity index (χ3v) is 4.19. The van der Waals surface area contributed by atoms with E-state index in [9.17, 15) is 10.1 Å². The molecule has 0 radical (unpaired) electrons. The summed E-state index contributed by atoms with van der Waals surface area (Å²) in [7, 11) is 1.48. The summed E-state index contributed by atoms with van der Waals surface area (Å²) >= 11 is 7.17. The molecular weight excluding hydrogens is 328 g/mol. The van der Waals surface area contributed by atoms with Crippen molar-refractivity contribution in [1.29, 1.82) is 0 Å². The van der Waals surface area contributed by atoms with E-state index in [1.54, 1.807) is 24.1 Å². The number of nitrogens with zero attached hydrogens (tertiary/aromatic N) is 4. The molecule has 0 atom stereocenters. The molecule has 2 aromatic heterocycles. The van der Waals surface area contributed by atoms with Crippen LogP contribution < -0.4 is 9.64 Å². The predicted octanol–water partition coefficient (Wildman–Crippen LogP) is 3.44. The van der Waals surface area contributed by atoms with E-state index in [0.717, 1.165) is 4.88 Å². The van der Waals surface area contributed by atoms with Crippen molar-refractivity contribution >= 4 is 34.4 Å². The fraction of sp³-hybridized carbons (Fsp3) is 0.385. The van der Waals surface area contributed by atoms with E-state index < -0.39 is 4.92 Å². The monoisotopic (exact) mass is 342 g/mol. The smallest absolute Gasteiger partial charge is 0.314 e. The van der Waals surface area contributed by atoms with Gasteiger partial charge in [0.1, 0.15) is 0 Å². The molecule has 118 valence electrons. The summed E-state index contributed by atoms with van der Waals surface area (Å²) in [5, 5.41) is 11.4. The van der Waals surface area contributed by atoms with Gasteiger partial charge in [0.2, 0.25) is 11.7 Å². The van der Waals surface area contributed by atoms with Gasteiger partial charge in [0.15, 0.2) is 4.47 Å². The lowest BCUT2D eigenvalue weighted by Gasteiger charge is -2.21. The summed E-state index contributed by atoms with van der Waals surface area (Å²) in [5.74, 6) is 0.632. The van der Waals surface area contributed by atoms with Gasteiger partial charge in [-0.25, -0.2) is 4.98 Å². The lowest BCUT2D eigenvalue weighted by Crippen LogP contribution is -2.24. The number of ether oxygens (including phenoxy) is 1. The van der Waals surface area contributed by atoms with Gasteiger partial charge in [-0.2, -0.15) is 4.98 Å². The topological polar surface area (TPSA) is 81.4 Å². The number of anilines is 1. The number of thiazole rings is 1. The number of pyridine rings is 1. The number of nitro groups is 1. The Bertz CT molecular complexity index is 692. The fourth-order valence-corrected chi connectivity index (χ4v) is 3.05. The SMILES string of the molecule is CCN(Cc1cnc(Cl)s1)c1nc(OC)cc(C)c1[N+](=O)[O-]. The summed E-state index contributed by atoms with van der Waals surface area (Å²) in [6, 6.07) is 1.55. The molecule has 0 unspecified atom stereocenters. The Morgan fingerprint density at radius 2 is 2.27 bits per heavy atom. The quantitative estimate of drug-likeness (QED) is 0.590. The first-order chi connectivity index (χ1) is 10.5. The minimum absolute atomic E-state index is 0.0155. The van der Waals surface area contributed by atoms with Crippen molar-refractivity contribution < 1.29 is 9.66 Å². The standard InChI is InChI=1S/C13H15ClN4O3S/c1-4-17(7-9-6-15-13(14)22-9)12-11(18(19)20)8(2)5-10(16-12)21-3/h5-6H,4,7H2,1-3H3. The zero-order valence-electron chi connectivity index (χ0n) is 12.4. The number of hydrogen-bond acceptors (Lipinski definition) is 7. The van der Waals surface area contributed by atoms with Crippen LogP contribution in [0.5, 0.6) is 5.88 Å². The molecule has 0 aliphatic carbocycles. The fourth-order valence-electron chi connectivity index (χ4n) is 2.05. The summed E-state index contributed by atoms with van der Waals surface area (Å²) in [5.41, 5.74) is 0.492. The Morgan fingerprint density at radius 3 is 2.77 bits per heavy atom. The average Bonchev–Trinajstić information content (AvgIpc) is 2.88. The van der Waals surface area contributed by atoms with Gasteiger partial charge in [0.05, 0.1) is 18.6 Å². The Kier molecular flexibility index (Phi) is 5.15. The van der Waals surface area contributed by atoms with Crippen LogP contribution in [0, 0.1) is 17.0 Å². The highest BCUT2D eigenvalue weighted by Crippen LogP contribution is 2.33. The second kappa shape index (κ2) is 6.89. The first-order valence-corrected chi connectivity index (χ1v) is 7.70. The molecule has 0 aliphatic heterocycles. The largest absolute Gasteiger partial charge is 0.481 e. The maximum Gasteiger partial charge on any atom is 0.314 e. The second-order valence-electron chi connectivity index (χ2n) is 4.50. The predicted molar refractivity (Wildman–Crippen MR) is 86.0 cm³/mol. The van der Waals surface area contributed by atoms with E-state index >= 15 is 0 Å². The van der Waals surface area contributed by atoms with Crippen LogP contribution in [0.25, 0.3) is 0 Å². The van der Waals surface area contributed by atoms with Crippen LogP contribution >= 0.6 is 22.9 Å². The normalized spacial score (nSPS) is 10.5. The van der Waals surface area contributed by atoms with E-state index in [2.05, 4.69) is 9.97 Å². The van der Waals surface area contributed by atoms with E-state index in [1.807, 2.05) is 6.92 Å². The van der Waals surface area contributed by atoms with E-state index in [-0.39, 0.29) is 11.5 Å². The summed E-state index contributed by atoms with van der Waals surface area (Å²) in [6.45, 7) is 4.57. The third kappa shape index (κ3) is 3.45. The molecule has 9 heteroatoms. The average molecular weight is 343 g/mol. The lowest BCUT2D eigenvalue weighted by molar-refractivity contribution is -0.384. The lowest BCUT2D eigenvalue weighted by atomic mass is 10.2. The maximum atomic E-state index is 11.4. The molecule has 0 aromatic carbocycles. The number of aromatic nitrogens is 2. The van der Waals surface area contributed by atoms with Gasteiger partial charge in [-0.1, -0.05) is 11.6 Å². The number of hydrogen-bond donors (Lipinski definition) is 0. The van der Waals surface area contributed by atoms with E-state index in [4.69, 9.17) is 16.3 Å². The third-order valence-electron chi connectivity index (χ3n) is 3.09. The minimum Gasteiger partial charge on any atom is -0.481 e. The van der Waals surface area contributed by atoms with Gasteiger partial charge < -0.3 is 9.64 Å². The summed E-state index contributed by atoms with van der Waals surface area (Å²) in [6.07, 6.45) is 1.66. The molecule has 0 bridgehead atoms. The highest BCUT2D eigenvalue weighted by Gasteiger charge is 2.25. The van der Waals surface area contributed by atoms with Gasteiger partial charge in [-0.05, 0) is 13.8 Å². The zero-order chi connectivity index (χ0) is 16.3. The molecule has 2 aromatic rings. The molecule has 2 rings (SSSR count). The Labute approximate surface area is 136 Å². The van der Waals surface area contributed by atoms with Crippen LogP contribution in [0.1, 0.15) is 17.4 Å². The molecule has 0 spiro atoms. The van der Waals surface area contributed by atoms with E-state index in [0.29, 0.717) is 29.0 Å². The number of rotatable bonds is 6. The van der Waals surface area contributed by atoms with Crippen LogP contribution in [0.4, 0.5) is 11.5 Å².